The fourth-order valence-corrected chi connectivity index (χ4v) is 4.56. The van der Waals surface area contributed by atoms with Crippen molar-refractivity contribution in [3.63, 3.8) is 0 Å². The number of fused-ring (bicyclic) bond motifs is 5. The molecule has 3 saturated carbocycles. The predicted molar refractivity (Wildman–Crippen MR) is 71.4 cm³/mol. The topological polar surface area (TPSA) is 29.1 Å². The van der Waals surface area contributed by atoms with E-state index in [1.165, 1.54) is 19.3 Å². The molecule has 2 bridgehead atoms. The van der Waals surface area contributed by atoms with Crippen LogP contribution in [0.2, 0.25) is 5.02 Å². The van der Waals surface area contributed by atoms with Crippen molar-refractivity contribution in [2.45, 2.75) is 19.3 Å². The van der Waals surface area contributed by atoms with E-state index in [2.05, 4.69) is 5.32 Å². The lowest BCUT2D eigenvalue weighted by atomic mass is 10.0. The standard InChI is InChI=1S/C15H16ClNO/c16-10-3-5-11(6-4-10)17-15(18)14-12-8-1-2-9(7-8)13(12)14/h3-6,8-9,12-14H,1-2,7H2,(H,17,18)/t8-,9-,12-,13+,14?/m0/s1. The molecule has 1 aromatic rings. The molecule has 2 nitrogen and oxygen atoms in total. The minimum atomic E-state index is 0.226. The fraction of sp³-hybridized carbons (Fsp3) is 0.533. The van der Waals surface area contributed by atoms with Crippen LogP contribution < -0.4 is 5.32 Å². The normalized spacial score (nSPS) is 39.5. The number of carbonyl (C=O) groups excluding carboxylic acids is 1. The first-order valence-corrected chi connectivity index (χ1v) is 7.18. The van der Waals surface area contributed by atoms with Crippen LogP contribution in [0, 0.1) is 29.6 Å². The molecule has 18 heavy (non-hydrogen) atoms. The monoisotopic (exact) mass is 261 g/mol. The summed E-state index contributed by atoms with van der Waals surface area (Å²) in [6.45, 7) is 0. The van der Waals surface area contributed by atoms with Gasteiger partial charge in [-0.25, -0.2) is 0 Å². The first-order chi connectivity index (χ1) is 8.74. The van der Waals surface area contributed by atoms with E-state index in [-0.39, 0.29) is 5.91 Å². The van der Waals surface area contributed by atoms with E-state index < -0.39 is 0 Å². The molecular formula is C15H16ClNO. The molecule has 0 spiro atoms. The summed E-state index contributed by atoms with van der Waals surface area (Å²) in [5, 5.41) is 3.73. The molecule has 3 aliphatic carbocycles. The Kier molecular flexibility index (Phi) is 2.25. The van der Waals surface area contributed by atoms with Gasteiger partial charge < -0.3 is 5.32 Å². The van der Waals surface area contributed by atoms with E-state index in [1.807, 2.05) is 24.3 Å². The average molecular weight is 262 g/mol. The molecule has 3 fully saturated rings. The SMILES string of the molecule is O=C(Nc1ccc(Cl)cc1)C1[C@@H]2[C@H]3CC[C@@H](C3)[C@H]12. The summed E-state index contributed by atoms with van der Waals surface area (Å²) in [5.41, 5.74) is 0.863. The van der Waals surface area contributed by atoms with Gasteiger partial charge in [-0.15, -0.1) is 0 Å². The van der Waals surface area contributed by atoms with Gasteiger partial charge in [-0.05, 0) is 67.2 Å². The number of halogens is 1. The van der Waals surface area contributed by atoms with Crippen molar-refractivity contribution in [2.75, 3.05) is 5.32 Å². The second-order valence-electron chi connectivity index (χ2n) is 6.01. The Balaban J connectivity index is 1.45. The van der Waals surface area contributed by atoms with Crippen molar-refractivity contribution >= 4 is 23.2 Å². The summed E-state index contributed by atoms with van der Waals surface area (Å²) < 4.78 is 0. The fourth-order valence-electron chi connectivity index (χ4n) is 4.43. The number of carbonyl (C=O) groups is 1. The van der Waals surface area contributed by atoms with Gasteiger partial charge in [-0.2, -0.15) is 0 Å². The Morgan fingerprint density at radius 1 is 1.11 bits per heavy atom. The molecule has 0 saturated heterocycles. The first kappa shape index (κ1) is 10.9. The minimum absolute atomic E-state index is 0.226. The third-order valence-electron chi connectivity index (χ3n) is 5.15. The van der Waals surface area contributed by atoms with Gasteiger partial charge in [0.25, 0.3) is 0 Å². The van der Waals surface area contributed by atoms with Gasteiger partial charge in [0.05, 0.1) is 0 Å². The lowest BCUT2D eigenvalue weighted by Gasteiger charge is -2.09. The molecule has 4 rings (SSSR count). The van der Waals surface area contributed by atoms with E-state index in [0.29, 0.717) is 22.8 Å². The second kappa shape index (κ2) is 3.74. The molecule has 0 radical (unpaired) electrons. The van der Waals surface area contributed by atoms with Crippen molar-refractivity contribution in [3.8, 4) is 0 Å². The molecule has 5 atom stereocenters. The van der Waals surface area contributed by atoms with Crippen LogP contribution in [0.25, 0.3) is 0 Å². The highest BCUT2D eigenvalue weighted by Gasteiger charge is 2.67. The maximum absolute atomic E-state index is 12.2. The third kappa shape index (κ3) is 1.51. The zero-order valence-corrected chi connectivity index (χ0v) is 10.9. The highest BCUT2D eigenvalue weighted by atomic mass is 35.5. The van der Waals surface area contributed by atoms with Crippen LogP contribution in [0.15, 0.2) is 24.3 Å². The van der Waals surface area contributed by atoms with Crippen LogP contribution in [0.3, 0.4) is 0 Å². The number of benzene rings is 1. The summed E-state index contributed by atoms with van der Waals surface area (Å²) >= 11 is 5.83. The van der Waals surface area contributed by atoms with E-state index in [0.717, 1.165) is 17.5 Å². The van der Waals surface area contributed by atoms with Gasteiger partial charge >= 0.3 is 0 Å². The highest BCUT2D eigenvalue weighted by molar-refractivity contribution is 6.30. The van der Waals surface area contributed by atoms with Crippen molar-refractivity contribution in [3.05, 3.63) is 29.3 Å². The van der Waals surface area contributed by atoms with E-state index in [4.69, 9.17) is 11.6 Å². The molecule has 1 amide bonds. The number of amides is 1. The van der Waals surface area contributed by atoms with Crippen LogP contribution in [-0.2, 0) is 4.79 Å². The molecule has 0 aliphatic heterocycles. The van der Waals surface area contributed by atoms with Crippen LogP contribution in [0.5, 0.6) is 0 Å². The molecule has 1 aromatic carbocycles. The molecule has 3 aliphatic rings. The number of hydrogen-bond donors (Lipinski definition) is 1. The van der Waals surface area contributed by atoms with Gasteiger partial charge in [0.15, 0.2) is 0 Å². The van der Waals surface area contributed by atoms with E-state index >= 15 is 0 Å². The Bertz CT molecular complexity index is 482. The number of rotatable bonds is 2. The molecule has 1 unspecified atom stereocenters. The van der Waals surface area contributed by atoms with Crippen molar-refractivity contribution in [1.29, 1.82) is 0 Å². The lowest BCUT2D eigenvalue weighted by molar-refractivity contribution is -0.118. The van der Waals surface area contributed by atoms with Crippen LogP contribution in [0.1, 0.15) is 19.3 Å². The molecule has 94 valence electrons. The number of hydrogen-bond acceptors (Lipinski definition) is 1. The third-order valence-corrected chi connectivity index (χ3v) is 5.40. The Morgan fingerprint density at radius 2 is 1.72 bits per heavy atom. The predicted octanol–water partition coefficient (Wildman–Crippen LogP) is 3.57. The van der Waals surface area contributed by atoms with Crippen LogP contribution >= 0.6 is 11.6 Å². The Labute approximate surface area is 112 Å². The number of anilines is 1. The van der Waals surface area contributed by atoms with E-state index in [9.17, 15) is 4.79 Å². The van der Waals surface area contributed by atoms with Gasteiger partial charge in [0, 0.05) is 16.6 Å². The van der Waals surface area contributed by atoms with Crippen LogP contribution in [0.4, 0.5) is 5.69 Å². The summed E-state index contributed by atoms with van der Waals surface area (Å²) in [7, 11) is 0. The van der Waals surface area contributed by atoms with Gasteiger partial charge in [0.2, 0.25) is 5.91 Å². The average Bonchev–Trinajstić information content (AvgIpc) is 2.82. The quantitative estimate of drug-likeness (QED) is 0.866. The van der Waals surface area contributed by atoms with Crippen molar-refractivity contribution < 1.29 is 4.79 Å². The maximum Gasteiger partial charge on any atom is 0.228 e. The second-order valence-corrected chi connectivity index (χ2v) is 6.45. The molecule has 1 N–H and O–H groups in total. The van der Waals surface area contributed by atoms with Gasteiger partial charge in [-0.1, -0.05) is 11.6 Å². The first-order valence-electron chi connectivity index (χ1n) is 6.80. The Hall–Kier alpha value is -1.02. The molecule has 0 aromatic heterocycles. The van der Waals surface area contributed by atoms with Gasteiger partial charge in [0.1, 0.15) is 0 Å². The molecular weight excluding hydrogens is 246 g/mol. The van der Waals surface area contributed by atoms with E-state index in [1.54, 1.807) is 0 Å². The van der Waals surface area contributed by atoms with Crippen molar-refractivity contribution in [2.24, 2.45) is 29.6 Å². The van der Waals surface area contributed by atoms with Crippen LogP contribution in [-0.4, -0.2) is 5.91 Å². The summed E-state index contributed by atoms with van der Waals surface area (Å²) in [4.78, 5) is 12.2. The highest BCUT2D eigenvalue weighted by Crippen LogP contribution is 2.69. The summed E-state index contributed by atoms with van der Waals surface area (Å²) in [6, 6.07) is 7.36. The smallest absolute Gasteiger partial charge is 0.228 e. The maximum atomic E-state index is 12.2. The molecule has 3 heteroatoms. The summed E-state index contributed by atoms with van der Waals surface area (Å²) in [6.07, 6.45) is 4.10. The molecule has 0 heterocycles. The van der Waals surface area contributed by atoms with Crippen molar-refractivity contribution in [1.82, 2.24) is 0 Å². The number of nitrogens with one attached hydrogen (secondary N) is 1. The largest absolute Gasteiger partial charge is 0.326 e. The zero-order valence-electron chi connectivity index (χ0n) is 10.1. The Morgan fingerprint density at radius 3 is 2.33 bits per heavy atom. The summed E-state index contributed by atoms with van der Waals surface area (Å²) in [5.74, 6) is 3.63. The zero-order chi connectivity index (χ0) is 12.3. The lowest BCUT2D eigenvalue weighted by Crippen LogP contribution is -2.18. The van der Waals surface area contributed by atoms with Gasteiger partial charge in [-0.3, -0.25) is 4.79 Å². The minimum Gasteiger partial charge on any atom is -0.326 e.